The second-order valence-electron chi connectivity index (χ2n) is 4.66. The number of hydrogen-bond acceptors (Lipinski definition) is 3. The molecule has 1 aromatic carbocycles. The van der Waals surface area contributed by atoms with Crippen molar-refractivity contribution in [3.8, 4) is 0 Å². The summed E-state index contributed by atoms with van der Waals surface area (Å²) in [4.78, 5) is 14.2. The SMILES string of the molecule is CCN(C(=O)C(C(N)=NO)C(C)C)c1ccccc1. The number of amides is 1. The van der Waals surface area contributed by atoms with E-state index in [1.165, 1.54) is 0 Å². The first-order chi connectivity index (χ1) is 9.02. The van der Waals surface area contributed by atoms with Gasteiger partial charge in [-0.3, -0.25) is 4.79 Å². The normalized spacial score (nSPS) is 13.4. The Morgan fingerprint density at radius 1 is 1.37 bits per heavy atom. The molecule has 0 saturated heterocycles. The summed E-state index contributed by atoms with van der Waals surface area (Å²) < 4.78 is 0. The summed E-state index contributed by atoms with van der Waals surface area (Å²) in [6, 6.07) is 9.37. The van der Waals surface area contributed by atoms with Gasteiger partial charge in [-0.2, -0.15) is 0 Å². The Kier molecular flexibility index (Phi) is 5.36. The second kappa shape index (κ2) is 6.78. The summed E-state index contributed by atoms with van der Waals surface area (Å²) in [7, 11) is 0. The van der Waals surface area contributed by atoms with Gasteiger partial charge in [0.15, 0.2) is 5.84 Å². The molecule has 0 aliphatic carbocycles. The maximum Gasteiger partial charge on any atom is 0.238 e. The van der Waals surface area contributed by atoms with E-state index in [1.54, 1.807) is 4.90 Å². The highest BCUT2D eigenvalue weighted by molar-refractivity contribution is 6.09. The zero-order valence-corrected chi connectivity index (χ0v) is 11.6. The van der Waals surface area contributed by atoms with Crippen LogP contribution in [-0.4, -0.2) is 23.5 Å². The molecular formula is C14H21N3O2. The van der Waals surface area contributed by atoms with Crippen LogP contribution in [0, 0.1) is 11.8 Å². The van der Waals surface area contributed by atoms with Crippen LogP contribution in [-0.2, 0) is 4.79 Å². The van der Waals surface area contributed by atoms with Crippen molar-refractivity contribution in [1.29, 1.82) is 0 Å². The predicted molar refractivity (Wildman–Crippen MR) is 76.2 cm³/mol. The summed E-state index contributed by atoms with van der Waals surface area (Å²) in [5.41, 5.74) is 6.45. The Balaban J connectivity index is 3.07. The molecule has 0 aliphatic heterocycles. The van der Waals surface area contributed by atoms with Crippen molar-refractivity contribution in [1.82, 2.24) is 0 Å². The van der Waals surface area contributed by atoms with Gasteiger partial charge in [-0.15, -0.1) is 0 Å². The van der Waals surface area contributed by atoms with Crippen LogP contribution in [0.4, 0.5) is 5.69 Å². The first-order valence-corrected chi connectivity index (χ1v) is 6.36. The molecule has 1 amide bonds. The van der Waals surface area contributed by atoms with Crippen molar-refractivity contribution < 1.29 is 10.0 Å². The van der Waals surface area contributed by atoms with Crippen molar-refractivity contribution in [2.24, 2.45) is 22.7 Å². The summed E-state index contributed by atoms with van der Waals surface area (Å²) in [5, 5.41) is 11.8. The third kappa shape index (κ3) is 3.47. The zero-order valence-electron chi connectivity index (χ0n) is 11.6. The highest BCUT2D eigenvalue weighted by Gasteiger charge is 2.30. The van der Waals surface area contributed by atoms with E-state index in [1.807, 2.05) is 51.1 Å². The number of benzene rings is 1. The molecule has 19 heavy (non-hydrogen) atoms. The van der Waals surface area contributed by atoms with Gasteiger partial charge >= 0.3 is 0 Å². The highest BCUT2D eigenvalue weighted by atomic mass is 16.4. The molecule has 0 aromatic heterocycles. The van der Waals surface area contributed by atoms with E-state index in [4.69, 9.17) is 10.9 Å². The number of rotatable bonds is 5. The molecule has 0 fully saturated rings. The Morgan fingerprint density at radius 2 is 1.95 bits per heavy atom. The van der Waals surface area contributed by atoms with Gasteiger partial charge in [0.25, 0.3) is 0 Å². The van der Waals surface area contributed by atoms with Crippen molar-refractivity contribution in [3.05, 3.63) is 30.3 Å². The number of amidine groups is 1. The molecule has 0 bridgehead atoms. The van der Waals surface area contributed by atoms with Gasteiger partial charge in [0.2, 0.25) is 5.91 Å². The summed E-state index contributed by atoms with van der Waals surface area (Å²) >= 11 is 0. The van der Waals surface area contributed by atoms with E-state index in [-0.39, 0.29) is 17.7 Å². The van der Waals surface area contributed by atoms with Crippen LogP contribution in [0.3, 0.4) is 0 Å². The van der Waals surface area contributed by atoms with Crippen LogP contribution in [0.15, 0.2) is 35.5 Å². The standard InChI is InChI=1S/C14H21N3O2/c1-4-17(11-8-6-5-7-9-11)14(18)12(10(2)3)13(15)16-19/h5-10,12,19H,4H2,1-3H3,(H2,15,16). The van der Waals surface area contributed by atoms with Gasteiger partial charge in [-0.05, 0) is 25.0 Å². The summed E-state index contributed by atoms with van der Waals surface area (Å²) in [6.07, 6.45) is 0. The molecular weight excluding hydrogens is 242 g/mol. The molecule has 5 nitrogen and oxygen atoms in total. The third-order valence-corrected chi connectivity index (χ3v) is 3.02. The molecule has 0 saturated carbocycles. The van der Waals surface area contributed by atoms with Crippen LogP contribution in [0.2, 0.25) is 0 Å². The maximum atomic E-state index is 12.6. The Labute approximate surface area is 113 Å². The number of carbonyl (C=O) groups excluding carboxylic acids is 1. The molecule has 1 rings (SSSR count). The molecule has 1 atom stereocenters. The Bertz CT molecular complexity index is 443. The van der Waals surface area contributed by atoms with Gasteiger partial charge < -0.3 is 15.8 Å². The number of carbonyl (C=O) groups is 1. The van der Waals surface area contributed by atoms with E-state index in [0.717, 1.165) is 5.69 Å². The van der Waals surface area contributed by atoms with Crippen molar-refractivity contribution >= 4 is 17.4 Å². The quantitative estimate of drug-likeness (QED) is 0.369. The van der Waals surface area contributed by atoms with Gasteiger partial charge in [-0.1, -0.05) is 37.2 Å². The minimum Gasteiger partial charge on any atom is -0.409 e. The van der Waals surface area contributed by atoms with E-state index in [2.05, 4.69) is 5.16 Å². The molecule has 0 spiro atoms. The van der Waals surface area contributed by atoms with Gasteiger partial charge in [0.05, 0.1) is 0 Å². The number of nitrogens with two attached hydrogens (primary N) is 1. The minimum atomic E-state index is -0.620. The second-order valence-corrected chi connectivity index (χ2v) is 4.66. The molecule has 5 heteroatoms. The monoisotopic (exact) mass is 263 g/mol. The average molecular weight is 263 g/mol. The lowest BCUT2D eigenvalue weighted by atomic mass is 9.93. The largest absolute Gasteiger partial charge is 0.409 e. The molecule has 1 unspecified atom stereocenters. The fraction of sp³-hybridized carbons (Fsp3) is 0.429. The van der Waals surface area contributed by atoms with Crippen LogP contribution >= 0.6 is 0 Å². The smallest absolute Gasteiger partial charge is 0.238 e. The van der Waals surface area contributed by atoms with E-state index < -0.39 is 5.92 Å². The molecule has 0 radical (unpaired) electrons. The Morgan fingerprint density at radius 3 is 2.37 bits per heavy atom. The molecule has 0 heterocycles. The van der Waals surface area contributed by atoms with Crippen molar-refractivity contribution in [2.45, 2.75) is 20.8 Å². The van der Waals surface area contributed by atoms with Crippen LogP contribution < -0.4 is 10.6 Å². The van der Waals surface area contributed by atoms with E-state index >= 15 is 0 Å². The molecule has 3 N–H and O–H groups in total. The number of nitrogens with zero attached hydrogens (tertiary/aromatic N) is 2. The van der Waals surface area contributed by atoms with Crippen molar-refractivity contribution in [2.75, 3.05) is 11.4 Å². The highest BCUT2D eigenvalue weighted by Crippen LogP contribution is 2.20. The maximum absolute atomic E-state index is 12.6. The number of hydrogen-bond donors (Lipinski definition) is 2. The van der Waals surface area contributed by atoms with Crippen LogP contribution in [0.5, 0.6) is 0 Å². The third-order valence-electron chi connectivity index (χ3n) is 3.02. The summed E-state index contributed by atoms with van der Waals surface area (Å²) in [5.74, 6) is -0.861. The van der Waals surface area contributed by atoms with Crippen LogP contribution in [0.25, 0.3) is 0 Å². The number of anilines is 1. The molecule has 0 aliphatic rings. The lowest BCUT2D eigenvalue weighted by molar-refractivity contribution is -0.121. The van der Waals surface area contributed by atoms with Crippen molar-refractivity contribution in [3.63, 3.8) is 0 Å². The average Bonchev–Trinajstić information content (AvgIpc) is 2.40. The number of oxime groups is 1. The topological polar surface area (TPSA) is 78.9 Å². The van der Waals surface area contributed by atoms with Gasteiger partial charge in [0.1, 0.15) is 5.92 Å². The predicted octanol–water partition coefficient (Wildman–Crippen LogP) is 2.06. The fourth-order valence-electron chi connectivity index (χ4n) is 2.06. The van der Waals surface area contributed by atoms with E-state index in [0.29, 0.717) is 6.54 Å². The van der Waals surface area contributed by atoms with E-state index in [9.17, 15) is 4.79 Å². The first kappa shape index (κ1) is 15.0. The van der Waals surface area contributed by atoms with Gasteiger partial charge in [0, 0.05) is 12.2 Å². The lowest BCUT2D eigenvalue weighted by Crippen LogP contribution is -2.44. The van der Waals surface area contributed by atoms with Crippen LogP contribution in [0.1, 0.15) is 20.8 Å². The molecule has 1 aromatic rings. The fourth-order valence-corrected chi connectivity index (χ4v) is 2.06. The first-order valence-electron chi connectivity index (χ1n) is 6.36. The molecule has 104 valence electrons. The Hall–Kier alpha value is -2.04. The zero-order chi connectivity index (χ0) is 14.4. The number of para-hydroxylation sites is 1. The summed E-state index contributed by atoms with van der Waals surface area (Å²) in [6.45, 7) is 6.18. The lowest BCUT2D eigenvalue weighted by Gasteiger charge is -2.27. The minimum absolute atomic E-state index is 0.0406. The van der Waals surface area contributed by atoms with Gasteiger partial charge in [-0.25, -0.2) is 0 Å².